The van der Waals surface area contributed by atoms with Gasteiger partial charge in [-0.15, -0.1) is 0 Å². The Kier molecular flexibility index (Phi) is 3.88. The summed E-state index contributed by atoms with van der Waals surface area (Å²) in [5.74, 6) is -0.674. The third-order valence-corrected chi connectivity index (χ3v) is 3.15. The second-order valence-electron chi connectivity index (χ2n) is 3.71. The fraction of sp³-hybridized carbons (Fsp3) is 0.400. The standard InChI is InChI=1S/C10H14FNO3S/c1-16(14,15)5-4-10(13)8-6-7(11)2-3-9(8)12/h2-3,6,10,13H,4-5,12H2,1H3. The smallest absolute Gasteiger partial charge is 0.147 e. The van der Waals surface area contributed by atoms with Gasteiger partial charge in [-0.1, -0.05) is 0 Å². The Hall–Kier alpha value is -1.14. The summed E-state index contributed by atoms with van der Waals surface area (Å²) < 4.78 is 34.7. The molecule has 0 aliphatic heterocycles. The molecule has 90 valence electrons. The average molecular weight is 247 g/mol. The summed E-state index contributed by atoms with van der Waals surface area (Å²) in [7, 11) is -3.14. The Labute approximate surface area is 93.8 Å². The van der Waals surface area contributed by atoms with Crippen molar-refractivity contribution in [3.8, 4) is 0 Å². The maximum absolute atomic E-state index is 12.9. The Morgan fingerprint density at radius 2 is 2.12 bits per heavy atom. The van der Waals surface area contributed by atoms with E-state index < -0.39 is 21.8 Å². The Morgan fingerprint density at radius 1 is 1.50 bits per heavy atom. The molecule has 0 bridgehead atoms. The minimum Gasteiger partial charge on any atom is -0.398 e. The van der Waals surface area contributed by atoms with Crippen molar-refractivity contribution in [2.24, 2.45) is 0 Å². The minimum atomic E-state index is -3.14. The zero-order chi connectivity index (χ0) is 12.3. The molecular formula is C10H14FNO3S. The van der Waals surface area contributed by atoms with Gasteiger partial charge in [-0.25, -0.2) is 12.8 Å². The Balaban J connectivity index is 2.80. The van der Waals surface area contributed by atoms with Gasteiger partial charge in [-0.2, -0.15) is 0 Å². The third-order valence-electron chi connectivity index (χ3n) is 2.17. The van der Waals surface area contributed by atoms with E-state index in [-0.39, 0.29) is 23.4 Å². The SMILES string of the molecule is CS(=O)(=O)CCC(O)c1cc(F)ccc1N. The molecule has 0 amide bonds. The minimum absolute atomic E-state index is 0.00644. The molecule has 3 N–H and O–H groups in total. The molecule has 16 heavy (non-hydrogen) atoms. The number of nitrogens with two attached hydrogens (primary N) is 1. The van der Waals surface area contributed by atoms with Gasteiger partial charge in [0.2, 0.25) is 0 Å². The lowest BCUT2D eigenvalue weighted by molar-refractivity contribution is 0.174. The highest BCUT2D eigenvalue weighted by molar-refractivity contribution is 7.90. The first-order chi connectivity index (χ1) is 7.29. The van der Waals surface area contributed by atoms with Crippen LogP contribution >= 0.6 is 0 Å². The predicted molar refractivity (Wildman–Crippen MR) is 60.1 cm³/mol. The first-order valence-corrected chi connectivity index (χ1v) is 6.76. The molecule has 1 atom stereocenters. The summed E-state index contributed by atoms with van der Waals surface area (Å²) in [4.78, 5) is 0. The van der Waals surface area contributed by atoms with E-state index in [9.17, 15) is 17.9 Å². The molecule has 0 aliphatic carbocycles. The molecule has 1 rings (SSSR count). The van der Waals surface area contributed by atoms with Crippen molar-refractivity contribution in [1.29, 1.82) is 0 Å². The van der Waals surface area contributed by atoms with Crippen LogP contribution in [0, 0.1) is 5.82 Å². The van der Waals surface area contributed by atoms with Gasteiger partial charge in [-0.05, 0) is 24.6 Å². The summed E-state index contributed by atoms with van der Waals surface area (Å²) in [6.45, 7) is 0. The van der Waals surface area contributed by atoms with Gasteiger partial charge in [0, 0.05) is 17.5 Å². The maximum atomic E-state index is 12.9. The molecule has 0 heterocycles. The lowest BCUT2D eigenvalue weighted by Gasteiger charge is -2.12. The van der Waals surface area contributed by atoms with Crippen LogP contribution in [0.5, 0.6) is 0 Å². The largest absolute Gasteiger partial charge is 0.398 e. The molecule has 0 aromatic heterocycles. The number of aliphatic hydroxyl groups excluding tert-OH is 1. The molecule has 0 fully saturated rings. The maximum Gasteiger partial charge on any atom is 0.147 e. The number of sulfone groups is 1. The van der Waals surface area contributed by atoms with Crippen LogP contribution in [-0.2, 0) is 9.84 Å². The van der Waals surface area contributed by atoms with Crippen molar-refractivity contribution in [2.75, 3.05) is 17.7 Å². The van der Waals surface area contributed by atoms with Crippen LogP contribution in [0.4, 0.5) is 10.1 Å². The topological polar surface area (TPSA) is 80.4 Å². The molecule has 1 aromatic carbocycles. The molecule has 6 heteroatoms. The first kappa shape index (κ1) is 12.9. The number of hydrogen-bond donors (Lipinski definition) is 2. The zero-order valence-electron chi connectivity index (χ0n) is 8.85. The normalized spacial score (nSPS) is 13.7. The predicted octanol–water partition coefficient (Wildman–Crippen LogP) is 0.876. The highest BCUT2D eigenvalue weighted by Crippen LogP contribution is 2.24. The van der Waals surface area contributed by atoms with E-state index in [0.717, 1.165) is 12.3 Å². The van der Waals surface area contributed by atoms with Crippen LogP contribution in [0.2, 0.25) is 0 Å². The average Bonchev–Trinajstić information content (AvgIpc) is 2.17. The fourth-order valence-electron chi connectivity index (χ4n) is 1.32. The van der Waals surface area contributed by atoms with E-state index in [1.807, 2.05) is 0 Å². The van der Waals surface area contributed by atoms with Gasteiger partial charge in [0.25, 0.3) is 0 Å². The van der Waals surface area contributed by atoms with Gasteiger partial charge in [0.15, 0.2) is 0 Å². The molecule has 0 radical (unpaired) electrons. The second kappa shape index (κ2) is 4.80. The van der Waals surface area contributed by atoms with E-state index >= 15 is 0 Å². The number of hydrogen-bond acceptors (Lipinski definition) is 4. The number of aliphatic hydroxyl groups is 1. The summed E-state index contributed by atoms with van der Waals surface area (Å²) in [5, 5.41) is 9.68. The van der Waals surface area contributed by atoms with Crippen molar-refractivity contribution >= 4 is 15.5 Å². The van der Waals surface area contributed by atoms with Crippen molar-refractivity contribution < 1.29 is 17.9 Å². The van der Waals surface area contributed by atoms with Gasteiger partial charge < -0.3 is 10.8 Å². The molecule has 4 nitrogen and oxygen atoms in total. The van der Waals surface area contributed by atoms with E-state index in [0.29, 0.717) is 0 Å². The Bertz CT molecular complexity index is 473. The lowest BCUT2D eigenvalue weighted by atomic mass is 10.1. The summed E-state index contributed by atoms with van der Waals surface area (Å²) >= 11 is 0. The Morgan fingerprint density at radius 3 is 2.69 bits per heavy atom. The van der Waals surface area contributed by atoms with Gasteiger partial charge >= 0.3 is 0 Å². The van der Waals surface area contributed by atoms with Crippen LogP contribution in [0.3, 0.4) is 0 Å². The van der Waals surface area contributed by atoms with Crippen molar-refractivity contribution in [2.45, 2.75) is 12.5 Å². The molecule has 1 unspecified atom stereocenters. The quantitative estimate of drug-likeness (QED) is 0.774. The van der Waals surface area contributed by atoms with Gasteiger partial charge in [0.1, 0.15) is 15.7 Å². The van der Waals surface area contributed by atoms with E-state index in [2.05, 4.69) is 0 Å². The van der Waals surface area contributed by atoms with Crippen molar-refractivity contribution in [1.82, 2.24) is 0 Å². The van der Waals surface area contributed by atoms with Crippen LogP contribution in [0.25, 0.3) is 0 Å². The van der Waals surface area contributed by atoms with Gasteiger partial charge in [0.05, 0.1) is 11.9 Å². The highest BCUT2D eigenvalue weighted by Gasteiger charge is 2.14. The van der Waals surface area contributed by atoms with E-state index in [1.165, 1.54) is 12.1 Å². The van der Waals surface area contributed by atoms with E-state index in [4.69, 9.17) is 5.73 Å². The number of rotatable bonds is 4. The highest BCUT2D eigenvalue weighted by atomic mass is 32.2. The van der Waals surface area contributed by atoms with Crippen molar-refractivity contribution in [3.05, 3.63) is 29.6 Å². The van der Waals surface area contributed by atoms with Crippen LogP contribution in [-0.4, -0.2) is 25.5 Å². The second-order valence-corrected chi connectivity index (χ2v) is 5.97. The van der Waals surface area contributed by atoms with Gasteiger partial charge in [-0.3, -0.25) is 0 Å². The molecule has 0 spiro atoms. The lowest BCUT2D eigenvalue weighted by Crippen LogP contribution is -2.10. The van der Waals surface area contributed by atoms with Crippen molar-refractivity contribution in [3.63, 3.8) is 0 Å². The number of halogens is 1. The third kappa shape index (κ3) is 3.79. The number of benzene rings is 1. The number of anilines is 1. The van der Waals surface area contributed by atoms with Crippen LogP contribution in [0.15, 0.2) is 18.2 Å². The molecule has 0 saturated heterocycles. The molecule has 1 aromatic rings. The molecule has 0 saturated carbocycles. The summed E-state index contributed by atoms with van der Waals surface area (Å²) in [6.07, 6.45) is 0.0200. The first-order valence-electron chi connectivity index (χ1n) is 4.70. The van der Waals surface area contributed by atoms with E-state index in [1.54, 1.807) is 0 Å². The zero-order valence-corrected chi connectivity index (χ0v) is 9.67. The molecular weight excluding hydrogens is 233 g/mol. The monoisotopic (exact) mass is 247 g/mol. The summed E-state index contributed by atoms with van der Waals surface area (Å²) in [6, 6.07) is 3.64. The summed E-state index contributed by atoms with van der Waals surface area (Å²) in [5.41, 5.74) is 6.03. The fourth-order valence-corrected chi connectivity index (χ4v) is 1.97. The number of nitrogen functional groups attached to an aromatic ring is 1. The molecule has 0 aliphatic rings. The van der Waals surface area contributed by atoms with Crippen LogP contribution < -0.4 is 5.73 Å². The van der Waals surface area contributed by atoms with Crippen LogP contribution in [0.1, 0.15) is 18.1 Å².